The zero-order valence-corrected chi connectivity index (χ0v) is 29.6. The summed E-state index contributed by atoms with van der Waals surface area (Å²) >= 11 is 6.13. The number of piperazine rings is 1. The third-order valence-electron chi connectivity index (χ3n) is 8.71. The van der Waals surface area contributed by atoms with Gasteiger partial charge in [0.15, 0.2) is 5.82 Å². The molecule has 0 bridgehead atoms. The van der Waals surface area contributed by atoms with Crippen LogP contribution in [-0.4, -0.2) is 79.6 Å². The zero-order chi connectivity index (χ0) is 36.7. The van der Waals surface area contributed by atoms with Crippen molar-refractivity contribution < 1.29 is 27.6 Å². The highest BCUT2D eigenvalue weighted by atomic mass is 35.5. The SMILES string of the molecule is CCc1c(N2CCN(Cc3ncccc3O)CC2)c(=O)n2nc(-c3ccc(P(C)(C)=O)cc3)nc2n1CC(=O)Nc1ccc(C(F)(F)F)cc1Cl. The Bertz CT molecular complexity index is 2210. The van der Waals surface area contributed by atoms with Crippen molar-refractivity contribution in [2.24, 2.45) is 0 Å². The van der Waals surface area contributed by atoms with Crippen molar-refractivity contribution in [2.45, 2.75) is 32.6 Å². The van der Waals surface area contributed by atoms with E-state index in [1.807, 2.05) is 11.8 Å². The van der Waals surface area contributed by atoms with Crippen LogP contribution >= 0.6 is 18.7 Å². The Hall–Kier alpha value is -4.72. The van der Waals surface area contributed by atoms with Crippen LogP contribution in [0.3, 0.4) is 0 Å². The van der Waals surface area contributed by atoms with E-state index >= 15 is 0 Å². The Morgan fingerprint density at radius 3 is 2.37 bits per heavy atom. The van der Waals surface area contributed by atoms with Crippen molar-refractivity contribution in [3.63, 3.8) is 0 Å². The summed E-state index contributed by atoms with van der Waals surface area (Å²) in [5, 5.41) is 17.7. The van der Waals surface area contributed by atoms with Gasteiger partial charge >= 0.3 is 6.18 Å². The Morgan fingerprint density at radius 1 is 1.06 bits per heavy atom. The minimum absolute atomic E-state index is 0.00792. The number of anilines is 2. The maximum Gasteiger partial charge on any atom is 0.416 e. The molecule has 1 fully saturated rings. The maximum absolute atomic E-state index is 14.2. The second-order valence-electron chi connectivity index (χ2n) is 12.6. The number of nitrogens with one attached hydrogen (secondary N) is 1. The molecule has 4 heterocycles. The van der Waals surface area contributed by atoms with Gasteiger partial charge in [0.05, 0.1) is 27.7 Å². The van der Waals surface area contributed by atoms with Crippen LogP contribution in [0.15, 0.2) is 65.6 Å². The van der Waals surface area contributed by atoms with E-state index < -0.39 is 30.3 Å². The Kier molecular flexibility index (Phi) is 9.99. The molecule has 2 N–H and O–H groups in total. The van der Waals surface area contributed by atoms with Crippen molar-refractivity contribution in [2.75, 3.05) is 49.7 Å². The number of aromatic hydroxyl groups is 1. The van der Waals surface area contributed by atoms with E-state index in [9.17, 15) is 32.4 Å². The minimum atomic E-state index is -4.61. The third kappa shape index (κ3) is 7.65. The Balaban J connectivity index is 1.37. The summed E-state index contributed by atoms with van der Waals surface area (Å²) in [7, 11) is -2.53. The maximum atomic E-state index is 14.2. The Labute approximate surface area is 295 Å². The standard InChI is InChI=1S/C34H35ClF3N8O4P/c1-4-27-30(44-16-14-43(15-17-44)19-26-28(47)6-5-13-39-26)32(49)46-33(41-31(42-46)21-7-10-23(11-8-21)51(2,3)50)45(27)20-29(48)40-25-12-9-22(18-24(25)35)34(36,37)38/h5-13,18,47H,4,14-17,19-20H2,1-3H3,(H,40,48). The predicted molar refractivity (Wildman–Crippen MR) is 190 cm³/mol. The van der Waals surface area contributed by atoms with Crippen molar-refractivity contribution in [3.8, 4) is 17.1 Å². The lowest BCUT2D eigenvalue weighted by Crippen LogP contribution is -2.48. The average Bonchev–Trinajstić information content (AvgIpc) is 3.54. The molecule has 1 amide bonds. The number of carbonyl (C=O) groups is 1. The first-order valence-corrected chi connectivity index (χ1v) is 19.1. The van der Waals surface area contributed by atoms with E-state index in [0.717, 1.165) is 22.7 Å². The molecule has 0 spiro atoms. The van der Waals surface area contributed by atoms with Gasteiger partial charge in [0.2, 0.25) is 11.7 Å². The molecule has 0 atom stereocenters. The molecule has 5 aromatic rings. The van der Waals surface area contributed by atoms with Gasteiger partial charge in [-0.15, -0.1) is 5.10 Å². The highest BCUT2D eigenvalue weighted by Gasteiger charge is 2.31. The van der Waals surface area contributed by atoms with Gasteiger partial charge in [0, 0.05) is 49.8 Å². The van der Waals surface area contributed by atoms with Crippen LogP contribution in [0.1, 0.15) is 23.9 Å². The second-order valence-corrected chi connectivity index (χ2v) is 16.2. The molecule has 268 valence electrons. The summed E-state index contributed by atoms with van der Waals surface area (Å²) < 4.78 is 55.0. The molecule has 6 rings (SSSR count). The summed E-state index contributed by atoms with van der Waals surface area (Å²) in [6.07, 6.45) is -2.66. The van der Waals surface area contributed by atoms with E-state index in [0.29, 0.717) is 67.1 Å². The minimum Gasteiger partial charge on any atom is -0.506 e. The molecule has 0 saturated carbocycles. The predicted octanol–water partition coefficient (Wildman–Crippen LogP) is 5.10. The lowest BCUT2D eigenvalue weighted by atomic mass is 10.2. The first-order chi connectivity index (χ1) is 24.1. The molecule has 0 unspecified atom stereocenters. The summed E-state index contributed by atoms with van der Waals surface area (Å²) in [5.74, 6) is -0.208. The highest BCUT2D eigenvalue weighted by Crippen LogP contribution is 2.35. The molecule has 51 heavy (non-hydrogen) atoms. The molecule has 3 aromatic heterocycles. The number of benzene rings is 2. The topological polar surface area (TPSA) is 138 Å². The van der Waals surface area contributed by atoms with Crippen LogP contribution < -0.4 is 21.1 Å². The fourth-order valence-corrected chi connectivity index (χ4v) is 7.13. The van der Waals surface area contributed by atoms with Gasteiger partial charge in [-0.05, 0) is 50.1 Å². The smallest absolute Gasteiger partial charge is 0.416 e. The summed E-state index contributed by atoms with van der Waals surface area (Å²) in [6, 6.07) is 12.8. The molecule has 1 aliphatic rings. The molecule has 2 aromatic carbocycles. The van der Waals surface area contributed by atoms with Crippen molar-refractivity contribution >= 4 is 47.1 Å². The number of halogens is 4. The van der Waals surface area contributed by atoms with Gasteiger partial charge in [-0.25, -0.2) is 0 Å². The normalized spacial score (nSPS) is 14.3. The molecule has 1 saturated heterocycles. The Morgan fingerprint density at radius 2 is 1.76 bits per heavy atom. The van der Waals surface area contributed by atoms with Crippen LogP contribution in [0.25, 0.3) is 17.2 Å². The quantitative estimate of drug-likeness (QED) is 0.198. The van der Waals surface area contributed by atoms with Crippen molar-refractivity contribution in [1.29, 1.82) is 0 Å². The van der Waals surface area contributed by atoms with Gasteiger partial charge in [-0.1, -0.05) is 42.8 Å². The van der Waals surface area contributed by atoms with Crippen LogP contribution in [0.2, 0.25) is 5.02 Å². The number of aromatic nitrogens is 5. The van der Waals surface area contributed by atoms with Crippen LogP contribution in [0, 0.1) is 0 Å². The van der Waals surface area contributed by atoms with Gasteiger partial charge in [-0.3, -0.25) is 19.5 Å². The second kappa shape index (κ2) is 14.1. The van der Waals surface area contributed by atoms with Gasteiger partial charge < -0.3 is 24.5 Å². The number of alkyl halides is 3. The molecular formula is C34H35ClF3N8O4P. The zero-order valence-electron chi connectivity index (χ0n) is 28.0. The first kappa shape index (κ1) is 36.1. The van der Waals surface area contributed by atoms with Crippen molar-refractivity contribution in [3.05, 3.63) is 93.1 Å². The largest absolute Gasteiger partial charge is 0.506 e. The fourth-order valence-electron chi connectivity index (χ4n) is 6.04. The number of hydrogen-bond donors (Lipinski definition) is 2. The fraction of sp³-hybridized carbons (Fsp3) is 0.324. The molecule has 17 heteroatoms. The van der Waals surface area contributed by atoms with E-state index in [1.165, 1.54) is 0 Å². The number of nitrogens with zero attached hydrogens (tertiary/aromatic N) is 7. The molecule has 0 radical (unpaired) electrons. The lowest BCUT2D eigenvalue weighted by molar-refractivity contribution is -0.137. The number of pyridine rings is 1. The van der Waals surface area contributed by atoms with E-state index in [-0.39, 0.29) is 34.6 Å². The number of fused-ring (bicyclic) bond motifs is 1. The van der Waals surface area contributed by atoms with E-state index in [2.05, 4.69) is 25.3 Å². The third-order valence-corrected chi connectivity index (χ3v) is 10.6. The number of carbonyl (C=O) groups excluding carboxylic acids is 1. The molecule has 1 aliphatic heterocycles. The summed E-state index contributed by atoms with van der Waals surface area (Å²) in [4.78, 5) is 40.8. The summed E-state index contributed by atoms with van der Waals surface area (Å²) in [5.41, 5.74) is 0.584. The number of rotatable bonds is 9. The summed E-state index contributed by atoms with van der Waals surface area (Å²) in [6.45, 7) is 7.25. The van der Waals surface area contributed by atoms with Crippen LogP contribution in [-0.2, 0) is 35.0 Å². The first-order valence-electron chi connectivity index (χ1n) is 16.1. The number of amides is 1. The van der Waals surface area contributed by atoms with Gasteiger partial charge in [0.25, 0.3) is 5.56 Å². The monoisotopic (exact) mass is 742 g/mol. The van der Waals surface area contributed by atoms with Gasteiger partial charge in [-0.2, -0.15) is 22.7 Å². The molecular weight excluding hydrogens is 708 g/mol. The molecule has 0 aliphatic carbocycles. The van der Waals surface area contributed by atoms with Gasteiger partial charge in [0.1, 0.15) is 25.1 Å². The van der Waals surface area contributed by atoms with Crippen LogP contribution in [0.4, 0.5) is 24.5 Å². The number of hydrogen-bond acceptors (Lipinski definition) is 9. The van der Waals surface area contributed by atoms with E-state index in [1.54, 1.807) is 60.5 Å². The van der Waals surface area contributed by atoms with E-state index in [4.69, 9.17) is 11.6 Å². The lowest BCUT2D eigenvalue weighted by Gasteiger charge is -2.36. The molecule has 12 nitrogen and oxygen atoms in total. The average molecular weight is 743 g/mol. The highest BCUT2D eigenvalue weighted by molar-refractivity contribution is 7.70. The van der Waals surface area contributed by atoms with Crippen molar-refractivity contribution in [1.82, 2.24) is 29.0 Å². The van der Waals surface area contributed by atoms with Crippen LogP contribution in [0.5, 0.6) is 5.75 Å².